The number of carboxylic acids is 1. The summed E-state index contributed by atoms with van der Waals surface area (Å²) in [6.45, 7) is 8.53. The van der Waals surface area contributed by atoms with Crippen LogP contribution in [-0.4, -0.2) is 22.6 Å². The topological polar surface area (TPSA) is 63.6 Å². The van der Waals surface area contributed by atoms with Gasteiger partial charge in [0.15, 0.2) is 0 Å². The van der Waals surface area contributed by atoms with Crippen molar-refractivity contribution in [2.24, 2.45) is 17.8 Å². The number of rotatable bonds is 13. The maximum atomic E-state index is 12.5. The van der Waals surface area contributed by atoms with Crippen LogP contribution in [0.15, 0.2) is 0 Å². The molecule has 158 valence electrons. The van der Waals surface area contributed by atoms with E-state index >= 15 is 0 Å². The minimum absolute atomic E-state index is 0.198. The molecule has 1 fully saturated rings. The first-order valence-electron chi connectivity index (χ1n) is 11.2. The second-order valence-corrected chi connectivity index (χ2v) is 9.49. The number of unbranched alkanes of at least 4 members (excludes halogenated alkanes) is 6. The molecule has 27 heavy (non-hydrogen) atoms. The zero-order valence-electron chi connectivity index (χ0n) is 18.1. The van der Waals surface area contributed by atoms with Crippen LogP contribution in [0.4, 0.5) is 0 Å². The molecule has 0 aromatic carbocycles. The van der Waals surface area contributed by atoms with Gasteiger partial charge in [-0.25, -0.2) is 0 Å². The van der Waals surface area contributed by atoms with Gasteiger partial charge in [0.05, 0.1) is 11.8 Å². The van der Waals surface area contributed by atoms with Crippen molar-refractivity contribution in [3.8, 4) is 0 Å². The molecule has 0 amide bonds. The van der Waals surface area contributed by atoms with Gasteiger partial charge in [-0.05, 0) is 51.9 Å². The summed E-state index contributed by atoms with van der Waals surface area (Å²) in [5, 5.41) is 9.18. The Bertz CT molecular complexity index is 442. The van der Waals surface area contributed by atoms with Crippen molar-refractivity contribution in [3.05, 3.63) is 0 Å². The highest BCUT2D eigenvalue weighted by Gasteiger charge is 2.34. The van der Waals surface area contributed by atoms with E-state index in [0.717, 1.165) is 31.6 Å². The lowest BCUT2D eigenvalue weighted by atomic mass is 9.81. The molecular formula is C23H42O4. The minimum Gasteiger partial charge on any atom is -0.481 e. The summed E-state index contributed by atoms with van der Waals surface area (Å²) in [5.74, 6) is -0.796. The molecule has 4 nitrogen and oxygen atoms in total. The molecule has 1 saturated carbocycles. The second kappa shape index (κ2) is 12.4. The number of carbonyl (C=O) groups excluding carboxylic acids is 1. The Morgan fingerprint density at radius 1 is 0.963 bits per heavy atom. The second-order valence-electron chi connectivity index (χ2n) is 9.49. The highest BCUT2D eigenvalue weighted by Crippen LogP contribution is 2.32. The van der Waals surface area contributed by atoms with E-state index in [-0.39, 0.29) is 17.8 Å². The highest BCUT2D eigenvalue weighted by atomic mass is 16.6. The van der Waals surface area contributed by atoms with Gasteiger partial charge >= 0.3 is 11.9 Å². The molecule has 0 saturated heterocycles. The number of ether oxygens (including phenoxy) is 1. The van der Waals surface area contributed by atoms with E-state index in [1.54, 1.807) is 0 Å². The van der Waals surface area contributed by atoms with Gasteiger partial charge < -0.3 is 9.84 Å². The first kappa shape index (κ1) is 24.0. The Morgan fingerprint density at radius 3 is 2.11 bits per heavy atom. The fourth-order valence-corrected chi connectivity index (χ4v) is 4.02. The van der Waals surface area contributed by atoms with E-state index in [1.807, 2.05) is 13.8 Å². The molecule has 1 rings (SSSR count). The molecule has 1 aliphatic carbocycles. The first-order chi connectivity index (χ1) is 12.7. The van der Waals surface area contributed by atoms with E-state index < -0.39 is 11.6 Å². The number of carboxylic acid groups (broad SMARTS) is 1. The summed E-state index contributed by atoms with van der Waals surface area (Å²) < 4.78 is 5.76. The van der Waals surface area contributed by atoms with Crippen LogP contribution in [0.2, 0.25) is 0 Å². The van der Waals surface area contributed by atoms with Crippen molar-refractivity contribution in [2.75, 3.05) is 0 Å². The van der Waals surface area contributed by atoms with Gasteiger partial charge in [0, 0.05) is 0 Å². The van der Waals surface area contributed by atoms with Gasteiger partial charge in [0.1, 0.15) is 5.60 Å². The largest absolute Gasteiger partial charge is 0.481 e. The molecule has 0 aliphatic heterocycles. The van der Waals surface area contributed by atoms with Crippen LogP contribution in [0.3, 0.4) is 0 Å². The molecule has 0 aromatic heterocycles. The lowest BCUT2D eigenvalue weighted by Gasteiger charge is -2.30. The van der Waals surface area contributed by atoms with E-state index in [2.05, 4.69) is 13.8 Å². The molecule has 0 bridgehead atoms. The van der Waals surface area contributed by atoms with Crippen LogP contribution in [0.5, 0.6) is 0 Å². The van der Waals surface area contributed by atoms with Gasteiger partial charge in [0.25, 0.3) is 0 Å². The summed E-state index contributed by atoms with van der Waals surface area (Å²) in [7, 11) is 0. The Balaban J connectivity index is 2.16. The van der Waals surface area contributed by atoms with Crippen molar-refractivity contribution in [1.82, 2.24) is 0 Å². The van der Waals surface area contributed by atoms with Crippen LogP contribution in [0, 0.1) is 17.8 Å². The third-order valence-corrected chi connectivity index (χ3v) is 5.79. The van der Waals surface area contributed by atoms with Gasteiger partial charge in [-0.2, -0.15) is 0 Å². The summed E-state index contributed by atoms with van der Waals surface area (Å²) in [6, 6.07) is 0. The molecule has 1 aliphatic rings. The molecule has 0 spiro atoms. The lowest BCUT2D eigenvalue weighted by Crippen LogP contribution is -2.34. The molecule has 0 aromatic rings. The Labute approximate surface area is 166 Å². The summed E-state index contributed by atoms with van der Waals surface area (Å²) in [5.41, 5.74) is -0.454. The maximum Gasteiger partial charge on any atom is 0.309 e. The first-order valence-corrected chi connectivity index (χ1v) is 11.2. The fraction of sp³-hybridized carbons (Fsp3) is 0.913. The van der Waals surface area contributed by atoms with Gasteiger partial charge in [-0.1, -0.05) is 65.2 Å². The van der Waals surface area contributed by atoms with Gasteiger partial charge in [-0.3, -0.25) is 9.59 Å². The number of hydrogen-bond acceptors (Lipinski definition) is 3. The van der Waals surface area contributed by atoms with Crippen molar-refractivity contribution >= 4 is 11.9 Å². The highest BCUT2D eigenvalue weighted by molar-refractivity contribution is 5.75. The quantitative estimate of drug-likeness (QED) is 0.297. The van der Waals surface area contributed by atoms with Crippen LogP contribution in [0.25, 0.3) is 0 Å². The molecule has 0 radical (unpaired) electrons. The lowest BCUT2D eigenvalue weighted by molar-refractivity contribution is -0.164. The van der Waals surface area contributed by atoms with Crippen molar-refractivity contribution in [3.63, 3.8) is 0 Å². The van der Waals surface area contributed by atoms with Crippen molar-refractivity contribution in [1.29, 1.82) is 0 Å². The fourth-order valence-electron chi connectivity index (χ4n) is 4.02. The average Bonchev–Trinajstić information content (AvgIpc) is 2.59. The zero-order chi connectivity index (χ0) is 20.3. The number of aliphatic carboxylic acids is 1. The Morgan fingerprint density at radius 2 is 1.52 bits per heavy atom. The van der Waals surface area contributed by atoms with E-state index in [4.69, 9.17) is 4.74 Å². The Kier molecular flexibility index (Phi) is 11.0. The van der Waals surface area contributed by atoms with Gasteiger partial charge in [0.2, 0.25) is 0 Å². The number of carbonyl (C=O) groups is 2. The molecule has 0 heterocycles. The molecule has 2 atom stereocenters. The summed E-state index contributed by atoms with van der Waals surface area (Å²) >= 11 is 0. The molecular weight excluding hydrogens is 340 g/mol. The van der Waals surface area contributed by atoms with Crippen molar-refractivity contribution < 1.29 is 19.4 Å². The van der Waals surface area contributed by atoms with Crippen molar-refractivity contribution in [2.45, 2.75) is 117 Å². The molecule has 2 unspecified atom stereocenters. The zero-order valence-corrected chi connectivity index (χ0v) is 18.1. The smallest absolute Gasteiger partial charge is 0.309 e. The van der Waals surface area contributed by atoms with E-state index in [1.165, 1.54) is 44.9 Å². The summed E-state index contributed by atoms with van der Waals surface area (Å²) in [4.78, 5) is 23.6. The maximum absolute atomic E-state index is 12.5. The summed E-state index contributed by atoms with van der Waals surface area (Å²) in [6.07, 6.45) is 13.7. The minimum atomic E-state index is -0.782. The van der Waals surface area contributed by atoms with Crippen LogP contribution < -0.4 is 0 Å². The van der Waals surface area contributed by atoms with Crippen LogP contribution in [0.1, 0.15) is 111 Å². The monoisotopic (exact) mass is 382 g/mol. The Hall–Kier alpha value is -1.06. The molecule has 4 heteroatoms. The van der Waals surface area contributed by atoms with E-state index in [0.29, 0.717) is 12.8 Å². The number of esters is 1. The predicted octanol–water partition coefficient (Wildman–Crippen LogP) is 6.37. The van der Waals surface area contributed by atoms with Gasteiger partial charge in [-0.15, -0.1) is 0 Å². The SMILES string of the molecule is CC(C)CCCCCCCCCC(C)(C)OC(=O)C1CCCC(C(=O)O)C1. The number of hydrogen-bond donors (Lipinski definition) is 1. The third kappa shape index (κ3) is 10.8. The van der Waals surface area contributed by atoms with E-state index in [9.17, 15) is 14.7 Å². The third-order valence-electron chi connectivity index (χ3n) is 5.79. The standard InChI is InChI=1S/C23H42O4/c1-18(2)13-10-8-6-5-7-9-11-16-23(3,4)27-22(26)20-15-12-14-19(17-20)21(24)25/h18-20H,5-17H2,1-4H3,(H,24,25). The van der Waals surface area contributed by atoms with Crippen LogP contribution >= 0.6 is 0 Å². The average molecular weight is 383 g/mol. The predicted molar refractivity (Wildman–Crippen MR) is 110 cm³/mol. The molecule has 1 N–H and O–H groups in total. The normalized spacial score (nSPS) is 20.6. The van der Waals surface area contributed by atoms with Crippen LogP contribution in [-0.2, 0) is 14.3 Å².